The number of likely N-dealkylation sites (tertiary alicyclic amines) is 1. The molecule has 130 valence electrons. The van der Waals surface area contributed by atoms with E-state index in [4.69, 9.17) is 0 Å². The van der Waals surface area contributed by atoms with Crippen molar-refractivity contribution in [2.75, 3.05) is 11.9 Å². The van der Waals surface area contributed by atoms with Crippen LogP contribution in [-0.4, -0.2) is 39.1 Å². The SMILES string of the molecule is Cc1cnn(C[C@@H]2CCCN2C(=O)C[C@H]2C(=O)Nc3ccccc32)c1. The zero-order valence-corrected chi connectivity index (χ0v) is 14.3. The Morgan fingerprint density at radius 2 is 2.20 bits per heavy atom. The number of nitrogens with one attached hydrogen (secondary N) is 1. The van der Waals surface area contributed by atoms with E-state index in [-0.39, 0.29) is 30.2 Å². The molecule has 1 aromatic carbocycles. The first kappa shape index (κ1) is 15.9. The summed E-state index contributed by atoms with van der Waals surface area (Å²) in [5.74, 6) is -0.395. The Morgan fingerprint density at radius 1 is 1.36 bits per heavy atom. The molecule has 1 saturated heterocycles. The van der Waals surface area contributed by atoms with Crippen LogP contribution in [0.2, 0.25) is 0 Å². The van der Waals surface area contributed by atoms with E-state index in [0.29, 0.717) is 6.54 Å². The minimum atomic E-state index is -0.378. The zero-order chi connectivity index (χ0) is 17.4. The van der Waals surface area contributed by atoms with E-state index in [1.54, 1.807) is 0 Å². The quantitative estimate of drug-likeness (QED) is 0.930. The molecule has 2 aliphatic rings. The van der Waals surface area contributed by atoms with Gasteiger partial charge in [-0.1, -0.05) is 18.2 Å². The molecule has 25 heavy (non-hydrogen) atoms. The maximum Gasteiger partial charge on any atom is 0.232 e. The van der Waals surface area contributed by atoms with Gasteiger partial charge in [0.15, 0.2) is 0 Å². The highest BCUT2D eigenvalue weighted by molar-refractivity contribution is 6.04. The molecule has 6 nitrogen and oxygen atoms in total. The molecule has 0 unspecified atom stereocenters. The molecule has 1 aromatic heterocycles. The Kier molecular flexibility index (Phi) is 4.03. The maximum atomic E-state index is 12.9. The first-order valence-corrected chi connectivity index (χ1v) is 8.80. The Hall–Kier alpha value is -2.63. The molecule has 0 saturated carbocycles. The molecular weight excluding hydrogens is 316 g/mol. The van der Waals surface area contributed by atoms with Crippen molar-refractivity contribution in [1.82, 2.24) is 14.7 Å². The number of rotatable bonds is 4. The molecule has 0 spiro atoms. The third-order valence-electron chi connectivity index (χ3n) is 5.15. The average Bonchev–Trinajstić information content (AvgIpc) is 3.29. The van der Waals surface area contributed by atoms with Gasteiger partial charge in [-0.25, -0.2) is 0 Å². The second-order valence-electron chi connectivity index (χ2n) is 6.96. The van der Waals surface area contributed by atoms with Crippen molar-refractivity contribution in [3.8, 4) is 0 Å². The van der Waals surface area contributed by atoms with E-state index >= 15 is 0 Å². The summed E-state index contributed by atoms with van der Waals surface area (Å²) in [5, 5.41) is 7.21. The second kappa shape index (κ2) is 6.35. The molecule has 1 N–H and O–H groups in total. The molecule has 6 heteroatoms. The van der Waals surface area contributed by atoms with Gasteiger partial charge in [-0.3, -0.25) is 14.3 Å². The molecule has 1 fully saturated rings. The van der Waals surface area contributed by atoms with Crippen molar-refractivity contribution >= 4 is 17.5 Å². The molecular formula is C19H22N4O2. The lowest BCUT2D eigenvalue weighted by molar-refractivity contribution is -0.134. The number of aryl methyl sites for hydroxylation is 1. The Balaban J connectivity index is 1.46. The first-order valence-electron chi connectivity index (χ1n) is 8.80. The number of hydrogen-bond donors (Lipinski definition) is 1. The largest absolute Gasteiger partial charge is 0.338 e. The fourth-order valence-electron chi connectivity index (χ4n) is 3.91. The number of amides is 2. The fourth-order valence-corrected chi connectivity index (χ4v) is 3.91. The van der Waals surface area contributed by atoms with E-state index < -0.39 is 0 Å². The summed E-state index contributed by atoms with van der Waals surface area (Å²) < 4.78 is 1.91. The van der Waals surface area contributed by atoms with Crippen LogP contribution < -0.4 is 5.32 Å². The van der Waals surface area contributed by atoms with E-state index in [9.17, 15) is 9.59 Å². The van der Waals surface area contributed by atoms with Gasteiger partial charge < -0.3 is 10.2 Å². The average molecular weight is 338 g/mol. The van der Waals surface area contributed by atoms with Crippen molar-refractivity contribution in [3.63, 3.8) is 0 Å². The minimum absolute atomic E-state index is 0.0585. The molecule has 3 heterocycles. The lowest BCUT2D eigenvalue weighted by Crippen LogP contribution is -2.39. The lowest BCUT2D eigenvalue weighted by atomic mass is 9.96. The summed E-state index contributed by atoms with van der Waals surface area (Å²) in [6, 6.07) is 7.78. The van der Waals surface area contributed by atoms with E-state index in [0.717, 1.165) is 36.2 Å². The smallest absolute Gasteiger partial charge is 0.232 e. The maximum absolute atomic E-state index is 12.9. The summed E-state index contributed by atoms with van der Waals surface area (Å²) in [4.78, 5) is 27.1. The fraction of sp³-hybridized carbons (Fsp3) is 0.421. The summed E-state index contributed by atoms with van der Waals surface area (Å²) in [6.07, 6.45) is 6.06. The topological polar surface area (TPSA) is 67.2 Å². The molecule has 0 bridgehead atoms. The van der Waals surface area contributed by atoms with Crippen molar-refractivity contribution in [1.29, 1.82) is 0 Å². The number of nitrogens with zero attached hydrogens (tertiary/aromatic N) is 3. The minimum Gasteiger partial charge on any atom is -0.338 e. The number of carbonyl (C=O) groups excluding carboxylic acids is 2. The van der Waals surface area contributed by atoms with Crippen LogP contribution in [0.15, 0.2) is 36.7 Å². The summed E-state index contributed by atoms with van der Waals surface area (Å²) in [7, 11) is 0. The normalized spacial score (nSPS) is 22.1. The number of aromatic nitrogens is 2. The van der Waals surface area contributed by atoms with Gasteiger partial charge >= 0.3 is 0 Å². The molecule has 2 atom stereocenters. The van der Waals surface area contributed by atoms with Crippen LogP contribution in [0.3, 0.4) is 0 Å². The zero-order valence-electron chi connectivity index (χ0n) is 14.3. The second-order valence-corrected chi connectivity index (χ2v) is 6.96. The van der Waals surface area contributed by atoms with Gasteiger partial charge in [-0.05, 0) is 37.0 Å². The van der Waals surface area contributed by atoms with Gasteiger partial charge in [0, 0.05) is 24.8 Å². The Bertz CT molecular complexity index is 813. The van der Waals surface area contributed by atoms with Gasteiger partial charge in [0.2, 0.25) is 11.8 Å². The Morgan fingerprint density at radius 3 is 3.00 bits per heavy atom. The van der Waals surface area contributed by atoms with Crippen molar-refractivity contribution in [3.05, 3.63) is 47.8 Å². The first-order chi connectivity index (χ1) is 12.1. The Labute approximate surface area is 146 Å². The molecule has 2 aromatic rings. The van der Waals surface area contributed by atoms with E-state index in [1.165, 1.54) is 0 Å². The van der Waals surface area contributed by atoms with Gasteiger partial charge in [-0.2, -0.15) is 5.10 Å². The molecule has 0 radical (unpaired) electrons. The standard InChI is InChI=1S/C19H22N4O2/c1-13-10-20-22(11-13)12-14-5-4-8-23(14)18(24)9-16-15-6-2-3-7-17(15)21-19(16)25/h2-3,6-7,10-11,14,16H,4-5,8-9,12H2,1H3,(H,21,25)/t14-,16+/m0/s1. The highest BCUT2D eigenvalue weighted by Crippen LogP contribution is 2.35. The van der Waals surface area contributed by atoms with Gasteiger partial charge in [0.1, 0.15) is 0 Å². The lowest BCUT2D eigenvalue weighted by Gasteiger charge is -2.25. The molecule has 2 amide bonds. The van der Waals surface area contributed by atoms with Crippen molar-refractivity contribution < 1.29 is 9.59 Å². The molecule has 0 aliphatic carbocycles. The van der Waals surface area contributed by atoms with E-state index in [2.05, 4.69) is 10.4 Å². The number of fused-ring (bicyclic) bond motifs is 1. The third kappa shape index (κ3) is 3.04. The van der Waals surface area contributed by atoms with Crippen LogP contribution in [0.1, 0.15) is 36.3 Å². The van der Waals surface area contributed by atoms with Gasteiger partial charge in [0.05, 0.1) is 24.7 Å². The predicted molar refractivity (Wildman–Crippen MR) is 94.1 cm³/mol. The molecule has 4 rings (SSSR count). The van der Waals surface area contributed by atoms with Gasteiger partial charge in [-0.15, -0.1) is 0 Å². The highest BCUT2D eigenvalue weighted by atomic mass is 16.2. The van der Waals surface area contributed by atoms with Crippen LogP contribution in [0.25, 0.3) is 0 Å². The van der Waals surface area contributed by atoms with Crippen LogP contribution in [0.4, 0.5) is 5.69 Å². The number of benzene rings is 1. The number of para-hydroxylation sites is 1. The summed E-state index contributed by atoms with van der Waals surface area (Å²) >= 11 is 0. The predicted octanol–water partition coefficient (Wildman–Crippen LogP) is 2.31. The van der Waals surface area contributed by atoms with Crippen LogP contribution >= 0.6 is 0 Å². The highest BCUT2D eigenvalue weighted by Gasteiger charge is 2.36. The summed E-state index contributed by atoms with van der Waals surface area (Å²) in [6.45, 7) is 3.49. The number of anilines is 1. The monoisotopic (exact) mass is 338 g/mol. The number of hydrogen-bond acceptors (Lipinski definition) is 3. The number of carbonyl (C=O) groups is 2. The summed E-state index contributed by atoms with van der Waals surface area (Å²) in [5.41, 5.74) is 2.88. The third-order valence-corrected chi connectivity index (χ3v) is 5.15. The molecule has 2 aliphatic heterocycles. The van der Waals surface area contributed by atoms with Crippen molar-refractivity contribution in [2.45, 2.75) is 44.7 Å². The van der Waals surface area contributed by atoms with Crippen LogP contribution in [0, 0.1) is 6.92 Å². The van der Waals surface area contributed by atoms with Crippen LogP contribution in [0.5, 0.6) is 0 Å². The van der Waals surface area contributed by atoms with Gasteiger partial charge in [0.25, 0.3) is 0 Å². The van der Waals surface area contributed by atoms with Crippen LogP contribution in [-0.2, 0) is 16.1 Å². The van der Waals surface area contributed by atoms with Crippen molar-refractivity contribution in [2.24, 2.45) is 0 Å². The van der Waals surface area contributed by atoms with E-state index in [1.807, 2.05) is 53.2 Å².